The van der Waals surface area contributed by atoms with E-state index in [9.17, 15) is 29.1 Å². The highest BCUT2D eigenvalue weighted by Crippen LogP contribution is 2.08. The monoisotopic (exact) mass is 480 g/mol. The minimum absolute atomic E-state index is 0.00440. The summed E-state index contributed by atoms with van der Waals surface area (Å²) in [5, 5.41) is 14.9. The van der Waals surface area contributed by atoms with Crippen LogP contribution in [0, 0.1) is 5.92 Å². The summed E-state index contributed by atoms with van der Waals surface area (Å²) >= 11 is 0. The Hall–Kier alpha value is -4.21. The average molecular weight is 481 g/mol. The smallest absolute Gasteiger partial charge is 0.329 e. The second-order valence-corrected chi connectivity index (χ2v) is 8.71. The molecular weight excluding hydrogens is 452 g/mol. The highest BCUT2D eigenvalue weighted by molar-refractivity contribution is 5.90. The Balaban J connectivity index is 1.75. The van der Waals surface area contributed by atoms with E-state index in [1.54, 1.807) is 48.5 Å². The maximum Gasteiger partial charge on any atom is 0.329 e. The highest BCUT2D eigenvalue weighted by Gasteiger charge is 2.27. The van der Waals surface area contributed by atoms with Gasteiger partial charge in [-0.3, -0.25) is 19.0 Å². The number of carboxylic acids is 1. The minimum atomic E-state index is -1.20. The number of carboxylic acid groups (broad SMARTS) is 1. The van der Waals surface area contributed by atoms with Gasteiger partial charge in [0.25, 0.3) is 5.56 Å². The van der Waals surface area contributed by atoms with Crippen molar-refractivity contribution in [3.05, 3.63) is 81.0 Å². The van der Waals surface area contributed by atoms with Gasteiger partial charge < -0.3 is 20.7 Å². The molecule has 4 N–H and O–H groups in total. The molecule has 0 aliphatic carbocycles. The van der Waals surface area contributed by atoms with Gasteiger partial charge in [0, 0.05) is 6.42 Å². The molecule has 1 heterocycles. The zero-order valence-corrected chi connectivity index (χ0v) is 19.5. The lowest BCUT2D eigenvalue weighted by atomic mass is 10.0. The van der Waals surface area contributed by atoms with Gasteiger partial charge in [-0.05, 0) is 30.0 Å². The SMILES string of the molecule is CC(C)C[C@H](NC(=O)Cn1c(=O)[nH]c2ccccc2c1=O)C(=O)N[C@@H](Cc1ccccc1)C(=O)O. The van der Waals surface area contributed by atoms with Crippen LogP contribution in [-0.4, -0.2) is 44.5 Å². The van der Waals surface area contributed by atoms with Gasteiger partial charge in [0.15, 0.2) is 0 Å². The largest absolute Gasteiger partial charge is 0.480 e. The molecule has 10 heteroatoms. The molecule has 0 saturated carbocycles. The van der Waals surface area contributed by atoms with Crippen molar-refractivity contribution in [2.75, 3.05) is 0 Å². The molecule has 3 rings (SSSR count). The highest BCUT2D eigenvalue weighted by atomic mass is 16.4. The Labute approximate surface area is 201 Å². The molecule has 0 aliphatic heterocycles. The van der Waals surface area contributed by atoms with E-state index in [4.69, 9.17) is 0 Å². The van der Waals surface area contributed by atoms with Crippen molar-refractivity contribution in [1.82, 2.24) is 20.2 Å². The fourth-order valence-corrected chi connectivity index (χ4v) is 3.75. The van der Waals surface area contributed by atoms with Crippen LogP contribution in [0.4, 0.5) is 0 Å². The number of nitrogens with one attached hydrogen (secondary N) is 3. The van der Waals surface area contributed by atoms with Gasteiger partial charge in [-0.25, -0.2) is 9.59 Å². The Kier molecular flexibility index (Phi) is 8.19. The summed E-state index contributed by atoms with van der Waals surface area (Å²) in [6.45, 7) is 3.11. The van der Waals surface area contributed by atoms with Gasteiger partial charge in [0.2, 0.25) is 11.8 Å². The molecule has 35 heavy (non-hydrogen) atoms. The van der Waals surface area contributed by atoms with Crippen LogP contribution in [0.2, 0.25) is 0 Å². The predicted octanol–water partition coefficient (Wildman–Crippen LogP) is 1.03. The van der Waals surface area contributed by atoms with Crippen LogP contribution in [0.25, 0.3) is 10.9 Å². The van der Waals surface area contributed by atoms with Gasteiger partial charge in [-0.15, -0.1) is 0 Å². The standard InChI is InChI=1S/C25H28N4O6/c1-15(2)12-19(22(31)27-20(24(33)34)13-16-8-4-3-5-9-16)26-21(30)14-29-23(32)17-10-6-7-11-18(17)28-25(29)35/h3-11,15,19-20H,12-14H2,1-2H3,(H,26,30)(H,27,31)(H,28,35)(H,33,34)/t19-,20-/m0/s1. The lowest BCUT2D eigenvalue weighted by Gasteiger charge is -2.23. The first kappa shape index (κ1) is 25.4. The van der Waals surface area contributed by atoms with Crippen molar-refractivity contribution in [3.8, 4) is 0 Å². The molecule has 0 bridgehead atoms. The van der Waals surface area contributed by atoms with Crippen LogP contribution in [0.1, 0.15) is 25.8 Å². The quantitative estimate of drug-likeness (QED) is 0.340. The number of benzene rings is 2. The van der Waals surface area contributed by atoms with Crippen LogP contribution in [0.3, 0.4) is 0 Å². The van der Waals surface area contributed by atoms with Crippen molar-refractivity contribution < 1.29 is 19.5 Å². The second kappa shape index (κ2) is 11.3. The van der Waals surface area contributed by atoms with Crippen molar-refractivity contribution in [2.24, 2.45) is 5.92 Å². The Morgan fingerprint density at radius 1 is 0.943 bits per heavy atom. The van der Waals surface area contributed by atoms with E-state index in [1.165, 1.54) is 6.07 Å². The molecule has 10 nitrogen and oxygen atoms in total. The van der Waals surface area contributed by atoms with Crippen molar-refractivity contribution in [1.29, 1.82) is 0 Å². The number of carbonyl (C=O) groups excluding carboxylic acids is 2. The molecule has 3 aromatic rings. The maximum atomic E-state index is 13.0. The molecule has 0 aliphatic rings. The van der Waals surface area contributed by atoms with E-state index < -0.39 is 47.7 Å². The molecule has 0 radical (unpaired) electrons. The molecule has 2 atom stereocenters. The molecule has 0 unspecified atom stereocenters. The first-order valence-corrected chi connectivity index (χ1v) is 11.2. The molecular formula is C25H28N4O6. The topological polar surface area (TPSA) is 150 Å². The number of rotatable bonds is 10. The van der Waals surface area contributed by atoms with Crippen LogP contribution >= 0.6 is 0 Å². The van der Waals surface area contributed by atoms with Gasteiger partial charge in [-0.2, -0.15) is 0 Å². The van der Waals surface area contributed by atoms with E-state index in [2.05, 4.69) is 15.6 Å². The molecule has 0 saturated heterocycles. The van der Waals surface area contributed by atoms with Gasteiger partial charge >= 0.3 is 11.7 Å². The third kappa shape index (κ3) is 6.66. The number of aromatic amines is 1. The van der Waals surface area contributed by atoms with E-state index >= 15 is 0 Å². The third-order valence-electron chi connectivity index (χ3n) is 5.45. The molecule has 2 aromatic carbocycles. The average Bonchev–Trinajstić information content (AvgIpc) is 2.81. The fraction of sp³-hybridized carbons (Fsp3) is 0.320. The lowest BCUT2D eigenvalue weighted by Crippen LogP contribution is -2.53. The summed E-state index contributed by atoms with van der Waals surface area (Å²) in [5.41, 5.74) is -0.283. The number of aromatic nitrogens is 2. The zero-order valence-electron chi connectivity index (χ0n) is 19.5. The van der Waals surface area contributed by atoms with E-state index in [0.29, 0.717) is 5.52 Å². The number of H-pyrrole nitrogens is 1. The molecule has 0 fully saturated rings. The zero-order chi connectivity index (χ0) is 25.5. The molecule has 2 amide bonds. The first-order valence-electron chi connectivity index (χ1n) is 11.2. The van der Waals surface area contributed by atoms with Crippen molar-refractivity contribution >= 4 is 28.7 Å². The Morgan fingerprint density at radius 2 is 1.60 bits per heavy atom. The van der Waals surface area contributed by atoms with Gasteiger partial charge in [-0.1, -0.05) is 56.3 Å². The second-order valence-electron chi connectivity index (χ2n) is 8.71. The summed E-state index contributed by atoms with van der Waals surface area (Å²) in [7, 11) is 0. The Bertz CT molecular complexity index is 1330. The lowest BCUT2D eigenvalue weighted by molar-refractivity contribution is -0.142. The molecule has 1 aromatic heterocycles. The van der Waals surface area contributed by atoms with Crippen LogP contribution in [0.5, 0.6) is 0 Å². The Morgan fingerprint density at radius 3 is 2.26 bits per heavy atom. The normalized spacial score (nSPS) is 12.8. The van der Waals surface area contributed by atoms with Crippen LogP contribution < -0.4 is 21.9 Å². The minimum Gasteiger partial charge on any atom is -0.480 e. The summed E-state index contributed by atoms with van der Waals surface area (Å²) in [6, 6.07) is 13.1. The van der Waals surface area contributed by atoms with Crippen molar-refractivity contribution in [2.45, 2.75) is 45.3 Å². The molecule has 0 spiro atoms. The van der Waals surface area contributed by atoms with E-state index in [0.717, 1.165) is 10.1 Å². The maximum absolute atomic E-state index is 13.0. The third-order valence-corrected chi connectivity index (χ3v) is 5.45. The number of aliphatic carboxylic acids is 1. The number of amides is 2. The van der Waals surface area contributed by atoms with Gasteiger partial charge in [0.05, 0.1) is 10.9 Å². The van der Waals surface area contributed by atoms with E-state index in [1.807, 2.05) is 13.8 Å². The van der Waals surface area contributed by atoms with Crippen molar-refractivity contribution in [3.63, 3.8) is 0 Å². The number of para-hydroxylation sites is 1. The summed E-state index contributed by atoms with van der Waals surface area (Å²) < 4.78 is 0.761. The van der Waals surface area contributed by atoms with Crippen LogP contribution in [-0.2, 0) is 27.3 Å². The summed E-state index contributed by atoms with van der Waals surface area (Å²) in [4.78, 5) is 65.1. The van der Waals surface area contributed by atoms with Gasteiger partial charge in [0.1, 0.15) is 18.6 Å². The number of hydrogen-bond acceptors (Lipinski definition) is 5. The summed E-state index contributed by atoms with van der Waals surface area (Å²) in [5.74, 6) is -2.58. The van der Waals surface area contributed by atoms with E-state index in [-0.39, 0.29) is 24.1 Å². The number of nitrogens with zero attached hydrogens (tertiary/aromatic N) is 1. The molecule has 184 valence electrons. The number of carbonyl (C=O) groups is 3. The predicted molar refractivity (Wildman–Crippen MR) is 130 cm³/mol. The number of fused-ring (bicyclic) bond motifs is 1. The first-order chi connectivity index (χ1) is 16.7. The number of hydrogen-bond donors (Lipinski definition) is 4. The fourth-order valence-electron chi connectivity index (χ4n) is 3.75. The summed E-state index contributed by atoms with van der Waals surface area (Å²) in [6.07, 6.45) is 0.310. The van der Waals surface area contributed by atoms with Crippen LogP contribution in [0.15, 0.2) is 64.2 Å².